The third kappa shape index (κ3) is 3.53. The van der Waals surface area contributed by atoms with E-state index in [0.29, 0.717) is 0 Å². The molecule has 2 atom stereocenters. The minimum Gasteiger partial charge on any atom is -0.460 e. The standard InChI is InChI=1S/C29H26N2O6S/c1-30(2)38(35,36)18-13-11-17(12-14-18)29(34)37-16-15-31-27(32)25-23-19-7-3-4-8-20(19)24(26(25)28(31)33)22-10-6-5-9-21(22)23/h3-14,23-26H,15-16H2,1-2H3/t23?,24?,25-,26-/m0/s1. The largest absolute Gasteiger partial charge is 0.460 e. The van der Waals surface area contributed by atoms with Crippen LogP contribution in [0.25, 0.3) is 0 Å². The summed E-state index contributed by atoms with van der Waals surface area (Å²) in [5.74, 6) is -2.42. The van der Waals surface area contributed by atoms with Crippen molar-refractivity contribution >= 4 is 27.8 Å². The van der Waals surface area contributed by atoms with Crippen LogP contribution in [0.15, 0.2) is 77.7 Å². The van der Waals surface area contributed by atoms with E-state index >= 15 is 0 Å². The van der Waals surface area contributed by atoms with Crippen LogP contribution in [0.4, 0.5) is 0 Å². The number of rotatable bonds is 6. The van der Waals surface area contributed by atoms with Crippen molar-refractivity contribution in [3.63, 3.8) is 0 Å². The van der Waals surface area contributed by atoms with E-state index < -0.39 is 27.8 Å². The summed E-state index contributed by atoms with van der Waals surface area (Å²) in [5, 5.41) is 0. The van der Waals surface area contributed by atoms with Crippen molar-refractivity contribution in [1.82, 2.24) is 9.21 Å². The molecule has 8 nitrogen and oxygen atoms in total. The zero-order valence-corrected chi connectivity index (χ0v) is 21.7. The highest BCUT2D eigenvalue weighted by atomic mass is 32.2. The van der Waals surface area contributed by atoms with Crippen molar-refractivity contribution in [2.75, 3.05) is 27.2 Å². The van der Waals surface area contributed by atoms with Gasteiger partial charge >= 0.3 is 5.97 Å². The Kier molecular flexibility index (Phi) is 5.73. The Balaban J connectivity index is 1.18. The molecule has 9 heteroatoms. The molecule has 1 fully saturated rings. The summed E-state index contributed by atoms with van der Waals surface area (Å²) in [6.45, 7) is -0.182. The van der Waals surface area contributed by atoms with Crippen LogP contribution in [0.2, 0.25) is 0 Å². The van der Waals surface area contributed by atoms with Crippen LogP contribution in [0.3, 0.4) is 0 Å². The van der Waals surface area contributed by atoms with E-state index in [1.165, 1.54) is 43.3 Å². The Morgan fingerprint density at radius 1 is 0.789 bits per heavy atom. The predicted octanol–water partition coefficient (Wildman–Crippen LogP) is 2.99. The fourth-order valence-corrected chi connectivity index (χ4v) is 7.15. The van der Waals surface area contributed by atoms with E-state index in [4.69, 9.17) is 4.74 Å². The Morgan fingerprint density at radius 3 is 1.66 bits per heavy atom. The van der Waals surface area contributed by atoms with Gasteiger partial charge in [0.05, 0.1) is 28.8 Å². The third-order valence-electron chi connectivity index (χ3n) is 7.96. The molecule has 0 saturated carbocycles. The van der Waals surface area contributed by atoms with E-state index in [1.54, 1.807) is 0 Å². The van der Waals surface area contributed by atoms with Gasteiger partial charge in [0, 0.05) is 25.9 Å². The van der Waals surface area contributed by atoms with Crippen LogP contribution in [0.5, 0.6) is 0 Å². The van der Waals surface area contributed by atoms with Gasteiger partial charge in [-0.3, -0.25) is 14.5 Å². The molecule has 1 aliphatic heterocycles. The first-order chi connectivity index (χ1) is 18.2. The van der Waals surface area contributed by atoms with Crippen molar-refractivity contribution in [3.05, 3.63) is 101 Å². The van der Waals surface area contributed by atoms with Gasteiger partial charge in [-0.15, -0.1) is 0 Å². The lowest BCUT2D eigenvalue weighted by Gasteiger charge is -2.45. The molecule has 0 spiro atoms. The van der Waals surface area contributed by atoms with E-state index in [0.717, 1.165) is 26.6 Å². The van der Waals surface area contributed by atoms with E-state index in [-0.39, 0.29) is 47.3 Å². The number of nitrogens with zero attached hydrogens (tertiary/aromatic N) is 2. The highest BCUT2D eigenvalue weighted by Gasteiger charge is 2.61. The zero-order chi connectivity index (χ0) is 26.8. The number of likely N-dealkylation sites (tertiary alicyclic amines) is 1. The minimum absolute atomic E-state index is 0.0321. The first-order valence-corrected chi connectivity index (χ1v) is 13.9. The van der Waals surface area contributed by atoms with Crippen LogP contribution < -0.4 is 0 Å². The summed E-state index contributed by atoms with van der Waals surface area (Å²) in [6.07, 6.45) is 0. The van der Waals surface area contributed by atoms with Gasteiger partial charge in [-0.25, -0.2) is 17.5 Å². The second-order valence-corrected chi connectivity index (χ2v) is 12.2. The maximum atomic E-state index is 13.6. The number of carbonyl (C=O) groups excluding carboxylic acids is 3. The third-order valence-corrected chi connectivity index (χ3v) is 9.79. The van der Waals surface area contributed by atoms with Gasteiger partial charge in [-0.05, 0) is 46.5 Å². The number of sulfonamides is 1. The first kappa shape index (κ1) is 24.5. The smallest absolute Gasteiger partial charge is 0.338 e. The number of amides is 2. The van der Waals surface area contributed by atoms with Crippen LogP contribution in [0, 0.1) is 11.8 Å². The average Bonchev–Trinajstić information content (AvgIpc) is 3.18. The molecule has 1 heterocycles. The molecule has 2 bridgehead atoms. The monoisotopic (exact) mass is 530 g/mol. The molecule has 2 amide bonds. The Labute approximate surface area is 220 Å². The highest BCUT2D eigenvalue weighted by molar-refractivity contribution is 7.89. The lowest BCUT2D eigenvalue weighted by Crippen LogP contribution is -2.41. The molecule has 3 aromatic carbocycles. The summed E-state index contributed by atoms with van der Waals surface area (Å²) >= 11 is 0. The van der Waals surface area contributed by atoms with Gasteiger partial charge in [0.2, 0.25) is 21.8 Å². The summed E-state index contributed by atoms with van der Waals surface area (Å²) < 4.78 is 30.9. The van der Waals surface area contributed by atoms with Crippen molar-refractivity contribution in [2.24, 2.45) is 11.8 Å². The number of benzene rings is 3. The van der Waals surface area contributed by atoms with Gasteiger partial charge in [0.1, 0.15) is 6.61 Å². The summed E-state index contributed by atoms with van der Waals surface area (Å²) in [7, 11) is -0.758. The molecule has 38 heavy (non-hydrogen) atoms. The molecule has 0 aromatic heterocycles. The van der Waals surface area contributed by atoms with E-state index in [9.17, 15) is 22.8 Å². The molecule has 0 radical (unpaired) electrons. The molecule has 0 N–H and O–H groups in total. The number of imide groups is 1. The van der Waals surface area contributed by atoms with E-state index in [2.05, 4.69) is 24.3 Å². The zero-order valence-electron chi connectivity index (χ0n) is 20.9. The summed E-state index contributed by atoms with van der Waals surface area (Å²) in [5.41, 5.74) is 4.59. The van der Waals surface area contributed by atoms with E-state index in [1.807, 2.05) is 24.3 Å². The molecular weight excluding hydrogens is 504 g/mol. The van der Waals surface area contributed by atoms with Crippen molar-refractivity contribution < 1.29 is 27.5 Å². The Morgan fingerprint density at radius 2 is 1.24 bits per heavy atom. The molecule has 194 valence electrons. The van der Waals surface area contributed by atoms with Crippen LogP contribution in [-0.4, -0.2) is 62.7 Å². The van der Waals surface area contributed by atoms with Crippen LogP contribution in [0.1, 0.15) is 44.4 Å². The number of hydrogen-bond donors (Lipinski definition) is 0. The number of hydrogen-bond acceptors (Lipinski definition) is 6. The fraction of sp³-hybridized carbons (Fsp3) is 0.276. The second kappa shape index (κ2) is 8.89. The topological polar surface area (TPSA) is 101 Å². The molecule has 3 aliphatic carbocycles. The van der Waals surface area contributed by atoms with Crippen LogP contribution in [-0.2, 0) is 24.3 Å². The number of carbonyl (C=O) groups is 3. The first-order valence-electron chi connectivity index (χ1n) is 12.4. The second-order valence-electron chi connectivity index (χ2n) is 10.0. The normalized spacial score (nSPS) is 23.3. The van der Waals surface area contributed by atoms with Crippen molar-refractivity contribution in [2.45, 2.75) is 16.7 Å². The molecule has 4 aliphatic rings. The fourth-order valence-electron chi connectivity index (χ4n) is 6.25. The number of ether oxygens (including phenoxy) is 1. The Hall–Kier alpha value is -3.82. The van der Waals surface area contributed by atoms with Crippen molar-refractivity contribution in [1.29, 1.82) is 0 Å². The molecule has 7 rings (SSSR count). The molecule has 0 unspecified atom stereocenters. The maximum absolute atomic E-state index is 13.6. The minimum atomic E-state index is -3.61. The highest BCUT2D eigenvalue weighted by Crippen LogP contribution is 2.60. The Bertz CT molecular complexity index is 1470. The van der Waals surface area contributed by atoms with Gasteiger partial charge in [-0.2, -0.15) is 0 Å². The lowest BCUT2D eigenvalue weighted by molar-refractivity contribution is -0.140. The molecule has 3 aromatic rings. The summed E-state index contributed by atoms with van der Waals surface area (Å²) in [6, 6.07) is 21.5. The van der Waals surface area contributed by atoms with Crippen LogP contribution >= 0.6 is 0 Å². The summed E-state index contributed by atoms with van der Waals surface area (Å²) in [4.78, 5) is 41.1. The molecule has 1 saturated heterocycles. The quantitative estimate of drug-likeness (QED) is 0.359. The van der Waals surface area contributed by atoms with Gasteiger partial charge in [0.25, 0.3) is 0 Å². The predicted molar refractivity (Wildman–Crippen MR) is 138 cm³/mol. The number of esters is 1. The van der Waals surface area contributed by atoms with Gasteiger partial charge in [0.15, 0.2) is 0 Å². The molecular formula is C29H26N2O6S. The average molecular weight is 531 g/mol. The van der Waals surface area contributed by atoms with Gasteiger partial charge < -0.3 is 4.74 Å². The SMILES string of the molecule is CN(C)S(=O)(=O)c1ccc(C(=O)OCCN2C(=O)[C@H]3C4c5ccccc5C(c5ccccc54)[C@@H]3C2=O)cc1. The van der Waals surface area contributed by atoms with Crippen molar-refractivity contribution in [3.8, 4) is 0 Å². The lowest BCUT2D eigenvalue weighted by atomic mass is 9.55. The maximum Gasteiger partial charge on any atom is 0.338 e. The van der Waals surface area contributed by atoms with Gasteiger partial charge in [-0.1, -0.05) is 48.5 Å².